The van der Waals surface area contributed by atoms with Crippen molar-refractivity contribution in [1.29, 1.82) is 0 Å². The number of hydrogen-bond donors (Lipinski definition) is 0. The molecule has 0 aromatic carbocycles. The van der Waals surface area contributed by atoms with Gasteiger partial charge in [-0.05, 0) is 19.3 Å². The van der Waals surface area contributed by atoms with Crippen LogP contribution in [0.15, 0.2) is 0 Å². The Morgan fingerprint density at radius 3 is 2.58 bits per heavy atom. The monoisotopic (exact) mass is 284 g/mol. The normalized spacial score (nSPS) is 25.2. The molecule has 0 spiro atoms. The maximum Gasteiger partial charge on any atom is 0.211 e. The van der Waals surface area contributed by atoms with Gasteiger partial charge in [0.25, 0.3) is 0 Å². The van der Waals surface area contributed by atoms with E-state index in [-0.39, 0.29) is 6.04 Å². The molecule has 2 aliphatic heterocycles. The average Bonchev–Trinajstić information content (AvgIpc) is 2.56. The van der Waals surface area contributed by atoms with E-state index in [1.54, 1.807) is 0 Å². The number of aryl methyl sites for hydroxylation is 1. The molecular weight excluding hydrogens is 264 g/mol. The second kappa shape index (κ2) is 4.86. The molecule has 1 atom stereocenters. The first-order valence-corrected chi connectivity index (χ1v) is 8.81. The molecule has 0 radical (unpaired) electrons. The van der Waals surface area contributed by atoms with Gasteiger partial charge >= 0.3 is 0 Å². The molecular formula is C12H20N4O2S. The molecule has 0 amide bonds. The number of hydrogen-bond acceptors (Lipinski definition) is 4. The summed E-state index contributed by atoms with van der Waals surface area (Å²) in [4.78, 5) is 0. The minimum atomic E-state index is -3.13. The first-order chi connectivity index (χ1) is 9.07. The predicted molar refractivity (Wildman–Crippen MR) is 71.1 cm³/mol. The molecule has 0 aliphatic carbocycles. The Bertz CT molecular complexity index is 566. The van der Waals surface area contributed by atoms with Crippen LogP contribution in [0.2, 0.25) is 0 Å². The lowest BCUT2D eigenvalue weighted by Gasteiger charge is -2.38. The number of nitrogens with zero attached hydrogens (tertiary/aromatic N) is 4. The number of fused-ring (bicyclic) bond motifs is 1. The van der Waals surface area contributed by atoms with Gasteiger partial charge in [-0.3, -0.25) is 0 Å². The standard InChI is InChI=1S/C12H20N4O2S/c1-19(17,18)16-9-7-10(16)12-14-13-11-6-4-2-3-5-8-15(11)12/h10H,2-9H2,1H3. The molecule has 0 bridgehead atoms. The van der Waals surface area contributed by atoms with Gasteiger partial charge in [0.1, 0.15) is 5.82 Å². The largest absolute Gasteiger partial charge is 0.314 e. The molecule has 1 saturated heterocycles. The van der Waals surface area contributed by atoms with Crippen LogP contribution in [-0.4, -0.2) is 40.3 Å². The summed E-state index contributed by atoms with van der Waals surface area (Å²) in [6, 6.07) is -0.101. The van der Waals surface area contributed by atoms with Gasteiger partial charge in [-0.15, -0.1) is 10.2 Å². The zero-order valence-corrected chi connectivity index (χ0v) is 12.1. The fraction of sp³-hybridized carbons (Fsp3) is 0.833. The molecule has 19 heavy (non-hydrogen) atoms. The maximum absolute atomic E-state index is 11.7. The Labute approximate surface area is 113 Å². The lowest BCUT2D eigenvalue weighted by Crippen LogP contribution is -2.45. The molecule has 3 rings (SSSR count). The van der Waals surface area contributed by atoms with Crippen LogP contribution in [0, 0.1) is 0 Å². The van der Waals surface area contributed by atoms with Gasteiger partial charge in [0.05, 0.1) is 12.3 Å². The van der Waals surface area contributed by atoms with Crippen molar-refractivity contribution in [3.05, 3.63) is 11.6 Å². The Kier molecular flexibility index (Phi) is 3.34. The second-order valence-corrected chi connectivity index (χ2v) is 7.40. The van der Waals surface area contributed by atoms with Crippen molar-refractivity contribution in [2.75, 3.05) is 12.8 Å². The van der Waals surface area contributed by atoms with Crippen LogP contribution in [0.5, 0.6) is 0 Å². The first-order valence-electron chi connectivity index (χ1n) is 6.96. The van der Waals surface area contributed by atoms with Crippen molar-refractivity contribution < 1.29 is 8.42 Å². The fourth-order valence-corrected chi connectivity index (χ4v) is 4.05. The molecule has 6 nitrogen and oxygen atoms in total. The molecule has 1 fully saturated rings. The van der Waals surface area contributed by atoms with Crippen molar-refractivity contribution in [3.8, 4) is 0 Å². The summed E-state index contributed by atoms with van der Waals surface area (Å²) >= 11 is 0. The Balaban J connectivity index is 1.89. The first kappa shape index (κ1) is 13.1. The van der Waals surface area contributed by atoms with Gasteiger partial charge in [0.15, 0.2) is 5.82 Å². The van der Waals surface area contributed by atoms with Crippen LogP contribution in [0.3, 0.4) is 0 Å². The van der Waals surface area contributed by atoms with Gasteiger partial charge in [-0.2, -0.15) is 4.31 Å². The van der Waals surface area contributed by atoms with Crippen molar-refractivity contribution in [1.82, 2.24) is 19.1 Å². The van der Waals surface area contributed by atoms with Crippen LogP contribution < -0.4 is 0 Å². The van der Waals surface area contributed by atoms with Gasteiger partial charge in [-0.25, -0.2) is 8.42 Å². The third-order valence-electron chi connectivity index (χ3n) is 4.08. The van der Waals surface area contributed by atoms with E-state index in [1.807, 2.05) is 0 Å². The summed E-state index contributed by atoms with van der Waals surface area (Å²) in [6.45, 7) is 1.53. The molecule has 0 saturated carbocycles. The van der Waals surface area contributed by atoms with E-state index in [2.05, 4.69) is 14.8 Å². The van der Waals surface area contributed by atoms with Crippen molar-refractivity contribution >= 4 is 10.0 Å². The highest BCUT2D eigenvalue weighted by molar-refractivity contribution is 7.88. The Morgan fingerprint density at radius 1 is 1.11 bits per heavy atom. The summed E-state index contributed by atoms with van der Waals surface area (Å²) in [5.41, 5.74) is 0. The molecule has 1 aromatic heterocycles. The van der Waals surface area contributed by atoms with E-state index in [0.717, 1.165) is 43.9 Å². The van der Waals surface area contributed by atoms with Crippen LogP contribution in [-0.2, 0) is 23.0 Å². The van der Waals surface area contributed by atoms with Crippen molar-refractivity contribution in [2.24, 2.45) is 0 Å². The van der Waals surface area contributed by atoms with Gasteiger partial charge in [-0.1, -0.05) is 12.8 Å². The number of aromatic nitrogens is 3. The molecule has 0 N–H and O–H groups in total. The van der Waals surface area contributed by atoms with Gasteiger partial charge in [0.2, 0.25) is 10.0 Å². The number of sulfonamides is 1. The van der Waals surface area contributed by atoms with E-state index in [1.165, 1.54) is 23.4 Å². The molecule has 106 valence electrons. The fourth-order valence-electron chi connectivity index (χ4n) is 2.95. The maximum atomic E-state index is 11.7. The smallest absolute Gasteiger partial charge is 0.211 e. The van der Waals surface area contributed by atoms with Gasteiger partial charge in [0, 0.05) is 19.5 Å². The summed E-state index contributed by atoms with van der Waals surface area (Å²) < 4.78 is 27.0. The quantitative estimate of drug-likeness (QED) is 0.815. The highest BCUT2D eigenvalue weighted by Gasteiger charge is 2.39. The van der Waals surface area contributed by atoms with Crippen LogP contribution in [0.4, 0.5) is 0 Å². The minimum absolute atomic E-state index is 0.101. The van der Waals surface area contributed by atoms with E-state index >= 15 is 0 Å². The van der Waals surface area contributed by atoms with E-state index < -0.39 is 10.0 Å². The van der Waals surface area contributed by atoms with Crippen molar-refractivity contribution in [3.63, 3.8) is 0 Å². The Hall–Kier alpha value is -0.950. The minimum Gasteiger partial charge on any atom is -0.314 e. The van der Waals surface area contributed by atoms with Crippen LogP contribution in [0.25, 0.3) is 0 Å². The molecule has 3 heterocycles. The van der Waals surface area contributed by atoms with E-state index in [9.17, 15) is 8.42 Å². The van der Waals surface area contributed by atoms with Gasteiger partial charge < -0.3 is 4.57 Å². The van der Waals surface area contributed by atoms with E-state index in [4.69, 9.17) is 0 Å². The molecule has 1 aromatic rings. The molecule has 2 aliphatic rings. The highest BCUT2D eigenvalue weighted by atomic mass is 32.2. The van der Waals surface area contributed by atoms with Crippen molar-refractivity contribution in [2.45, 2.75) is 51.1 Å². The summed E-state index contributed by atoms with van der Waals surface area (Å²) in [7, 11) is -3.13. The van der Waals surface area contributed by atoms with E-state index in [0.29, 0.717) is 6.54 Å². The predicted octanol–water partition coefficient (Wildman–Crippen LogP) is 1.10. The SMILES string of the molecule is CS(=O)(=O)N1CCC1c1nnc2n1CCCCCC2. The zero-order valence-electron chi connectivity index (χ0n) is 11.2. The topological polar surface area (TPSA) is 68.1 Å². The average molecular weight is 284 g/mol. The number of rotatable bonds is 2. The molecule has 1 unspecified atom stereocenters. The Morgan fingerprint density at radius 2 is 1.89 bits per heavy atom. The van der Waals surface area contributed by atoms with Crippen LogP contribution in [0.1, 0.15) is 49.8 Å². The highest BCUT2D eigenvalue weighted by Crippen LogP contribution is 2.35. The summed E-state index contributed by atoms with van der Waals surface area (Å²) in [6.07, 6.45) is 7.84. The van der Waals surface area contributed by atoms with Crippen LogP contribution >= 0.6 is 0 Å². The summed E-state index contributed by atoms with van der Waals surface area (Å²) in [5, 5.41) is 8.54. The second-order valence-electron chi connectivity index (χ2n) is 5.47. The molecule has 7 heteroatoms. The zero-order chi connectivity index (χ0) is 13.5. The lowest BCUT2D eigenvalue weighted by atomic mass is 10.1. The lowest BCUT2D eigenvalue weighted by molar-refractivity contribution is 0.187. The third-order valence-corrected chi connectivity index (χ3v) is 5.37. The summed E-state index contributed by atoms with van der Waals surface area (Å²) in [5.74, 6) is 1.86. The third kappa shape index (κ3) is 2.41.